The van der Waals surface area contributed by atoms with Crippen LogP contribution in [0.3, 0.4) is 0 Å². The van der Waals surface area contributed by atoms with Gasteiger partial charge in [-0.25, -0.2) is 4.98 Å². The molecule has 6 heteroatoms. The van der Waals surface area contributed by atoms with Gasteiger partial charge in [-0.3, -0.25) is 16.3 Å². The molecule has 3 N–H and O–H groups in total. The maximum atomic E-state index is 5.56. The van der Waals surface area contributed by atoms with Crippen molar-refractivity contribution in [2.24, 2.45) is 5.84 Å². The van der Waals surface area contributed by atoms with Crippen LogP contribution in [0.2, 0.25) is 0 Å². The van der Waals surface area contributed by atoms with E-state index in [2.05, 4.69) is 31.3 Å². The molecule has 0 saturated heterocycles. The van der Waals surface area contributed by atoms with Gasteiger partial charge in [0, 0.05) is 34.9 Å². The number of aromatic nitrogens is 2. The van der Waals surface area contributed by atoms with E-state index in [1.165, 1.54) is 0 Å². The molecule has 0 amide bonds. The second kappa shape index (κ2) is 5.49. The molecule has 0 saturated carbocycles. The second-order valence-electron chi connectivity index (χ2n) is 3.29. The fourth-order valence-electron chi connectivity index (χ4n) is 1.42. The highest BCUT2D eigenvalue weighted by atomic mass is 79.9. The summed E-state index contributed by atoms with van der Waals surface area (Å²) in [6.45, 7) is 0. The summed E-state index contributed by atoms with van der Waals surface area (Å²) in [5, 5.41) is 3.02. The number of pyridine rings is 1. The van der Waals surface area contributed by atoms with E-state index < -0.39 is 0 Å². The normalized spacial score (nSPS) is 12.6. The van der Waals surface area contributed by atoms with E-state index in [9.17, 15) is 0 Å². The third kappa shape index (κ3) is 2.85. The Balaban J connectivity index is 2.16. The number of nitrogens with two attached hydrogens (primary N) is 1. The minimum Gasteiger partial charge on any atom is -0.271 e. The van der Waals surface area contributed by atoms with Gasteiger partial charge in [0.15, 0.2) is 0 Å². The number of nitrogens with one attached hydrogen (secondary N) is 1. The first-order valence-electron chi connectivity index (χ1n) is 4.74. The van der Waals surface area contributed by atoms with E-state index in [0.717, 1.165) is 21.5 Å². The Kier molecular flexibility index (Phi) is 4.00. The Labute approximate surface area is 106 Å². The van der Waals surface area contributed by atoms with Gasteiger partial charge in [-0.05, 0) is 27.6 Å². The van der Waals surface area contributed by atoms with Crippen LogP contribution >= 0.6 is 27.3 Å². The molecule has 2 heterocycles. The van der Waals surface area contributed by atoms with E-state index >= 15 is 0 Å². The maximum absolute atomic E-state index is 5.56. The molecule has 0 aromatic carbocycles. The molecule has 0 aliphatic heterocycles. The third-order valence-corrected chi connectivity index (χ3v) is 3.43. The number of thiazole rings is 1. The summed E-state index contributed by atoms with van der Waals surface area (Å²) in [5.74, 6) is 5.56. The molecule has 16 heavy (non-hydrogen) atoms. The lowest BCUT2D eigenvalue weighted by molar-refractivity contribution is 0.549. The monoisotopic (exact) mass is 298 g/mol. The van der Waals surface area contributed by atoms with Crippen molar-refractivity contribution in [2.75, 3.05) is 0 Å². The highest BCUT2D eigenvalue weighted by Gasteiger charge is 2.12. The molecule has 0 fully saturated rings. The summed E-state index contributed by atoms with van der Waals surface area (Å²) in [6.07, 6.45) is 6.13. The Hall–Kier alpha value is -0.820. The van der Waals surface area contributed by atoms with Crippen LogP contribution in [-0.4, -0.2) is 9.97 Å². The molecule has 0 radical (unpaired) electrons. The van der Waals surface area contributed by atoms with Gasteiger partial charge in [-0.2, -0.15) is 0 Å². The van der Waals surface area contributed by atoms with Crippen molar-refractivity contribution in [2.45, 2.75) is 12.5 Å². The van der Waals surface area contributed by atoms with Crippen LogP contribution in [0.1, 0.15) is 16.6 Å². The second-order valence-corrected chi connectivity index (χ2v) is 5.18. The largest absolute Gasteiger partial charge is 0.271 e. The molecule has 1 unspecified atom stereocenters. The average Bonchev–Trinajstić information content (AvgIpc) is 2.78. The molecule has 0 bridgehead atoms. The molecule has 4 nitrogen and oxygen atoms in total. The van der Waals surface area contributed by atoms with Gasteiger partial charge in [0.1, 0.15) is 0 Å². The fourth-order valence-corrected chi connectivity index (χ4v) is 2.47. The molecule has 0 spiro atoms. The van der Waals surface area contributed by atoms with Crippen LogP contribution in [0.5, 0.6) is 0 Å². The van der Waals surface area contributed by atoms with Crippen LogP contribution in [0.4, 0.5) is 0 Å². The number of nitrogens with zero attached hydrogens (tertiary/aromatic N) is 2. The average molecular weight is 299 g/mol. The van der Waals surface area contributed by atoms with Gasteiger partial charge in [0.2, 0.25) is 0 Å². The van der Waals surface area contributed by atoms with E-state index in [4.69, 9.17) is 5.84 Å². The number of hydrazine groups is 1. The predicted molar refractivity (Wildman–Crippen MR) is 67.8 cm³/mol. The van der Waals surface area contributed by atoms with Crippen LogP contribution < -0.4 is 11.3 Å². The Morgan fingerprint density at radius 1 is 1.50 bits per heavy atom. The van der Waals surface area contributed by atoms with Crippen molar-refractivity contribution in [1.82, 2.24) is 15.4 Å². The van der Waals surface area contributed by atoms with Gasteiger partial charge < -0.3 is 0 Å². The summed E-state index contributed by atoms with van der Waals surface area (Å²) in [7, 11) is 0. The molecule has 1 atom stereocenters. The summed E-state index contributed by atoms with van der Waals surface area (Å²) in [5.41, 5.74) is 3.84. The predicted octanol–water partition coefficient (Wildman–Crippen LogP) is 2.05. The zero-order chi connectivity index (χ0) is 11.4. The molecule has 2 aromatic heterocycles. The van der Waals surface area contributed by atoms with Crippen LogP contribution in [-0.2, 0) is 6.42 Å². The zero-order valence-corrected chi connectivity index (χ0v) is 10.8. The Bertz CT molecular complexity index is 446. The first-order valence-corrected chi connectivity index (χ1v) is 6.42. The van der Waals surface area contributed by atoms with Gasteiger partial charge in [-0.15, -0.1) is 11.3 Å². The van der Waals surface area contributed by atoms with Gasteiger partial charge >= 0.3 is 0 Å². The first-order chi connectivity index (χ1) is 7.79. The standard InChI is InChI=1S/C10H11BrN4S/c11-8-3-7(5-13-6-8)9(15-12)4-10-14-1-2-16-10/h1-3,5-6,9,15H,4,12H2. The quantitative estimate of drug-likeness (QED) is 0.670. The fraction of sp³-hybridized carbons (Fsp3) is 0.200. The van der Waals surface area contributed by atoms with Gasteiger partial charge in [-0.1, -0.05) is 0 Å². The molecule has 0 aliphatic rings. The minimum absolute atomic E-state index is 0.0381. The van der Waals surface area contributed by atoms with Crippen LogP contribution in [0.25, 0.3) is 0 Å². The van der Waals surface area contributed by atoms with Crippen molar-refractivity contribution in [3.63, 3.8) is 0 Å². The lowest BCUT2D eigenvalue weighted by Crippen LogP contribution is -2.29. The number of halogens is 1. The topological polar surface area (TPSA) is 63.8 Å². The van der Waals surface area contributed by atoms with E-state index in [-0.39, 0.29) is 6.04 Å². The summed E-state index contributed by atoms with van der Waals surface area (Å²) >= 11 is 5.02. The maximum Gasteiger partial charge on any atom is 0.0944 e. The molecule has 2 aromatic rings. The number of hydrogen-bond donors (Lipinski definition) is 2. The van der Waals surface area contributed by atoms with E-state index in [0.29, 0.717) is 0 Å². The smallest absolute Gasteiger partial charge is 0.0944 e. The lowest BCUT2D eigenvalue weighted by atomic mass is 10.1. The summed E-state index contributed by atoms with van der Waals surface area (Å²) in [4.78, 5) is 8.37. The van der Waals surface area contributed by atoms with Crippen molar-refractivity contribution < 1.29 is 0 Å². The van der Waals surface area contributed by atoms with Crippen molar-refractivity contribution in [1.29, 1.82) is 0 Å². The van der Waals surface area contributed by atoms with Crippen LogP contribution in [0, 0.1) is 0 Å². The number of hydrogen-bond acceptors (Lipinski definition) is 5. The van der Waals surface area contributed by atoms with E-state index in [1.54, 1.807) is 23.7 Å². The zero-order valence-electron chi connectivity index (χ0n) is 8.43. The Morgan fingerprint density at radius 2 is 2.38 bits per heavy atom. The highest BCUT2D eigenvalue weighted by molar-refractivity contribution is 9.10. The molecular formula is C10H11BrN4S. The third-order valence-electron chi connectivity index (χ3n) is 2.19. The van der Waals surface area contributed by atoms with Crippen molar-refractivity contribution in [3.05, 3.63) is 45.1 Å². The molecule has 0 aliphatic carbocycles. The first kappa shape index (κ1) is 11.7. The lowest BCUT2D eigenvalue weighted by Gasteiger charge is -2.14. The van der Waals surface area contributed by atoms with Crippen molar-refractivity contribution in [3.8, 4) is 0 Å². The minimum atomic E-state index is 0.0381. The van der Waals surface area contributed by atoms with Crippen LogP contribution in [0.15, 0.2) is 34.5 Å². The van der Waals surface area contributed by atoms with E-state index in [1.807, 2.05) is 17.6 Å². The highest BCUT2D eigenvalue weighted by Crippen LogP contribution is 2.20. The number of rotatable bonds is 4. The van der Waals surface area contributed by atoms with Gasteiger partial charge in [0.05, 0.1) is 11.0 Å². The Morgan fingerprint density at radius 3 is 3.00 bits per heavy atom. The summed E-state index contributed by atoms with van der Waals surface area (Å²) < 4.78 is 0.949. The molecule has 84 valence electrons. The molecular weight excluding hydrogens is 288 g/mol. The molecule has 2 rings (SSSR count). The SMILES string of the molecule is NNC(Cc1nccs1)c1cncc(Br)c1. The summed E-state index contributed by atoms with van der Waals surface area (Å²) in [6, 6.07) is 2.04. The van der Waals surface area contributed by atoms with Crippen molar-refractivity contribution >= 4 is 27.3 Å². The van der Waals surface area contributed by atoms with Gasteiger partial charge in [0.25, 0.3) is 0 Å².